The number of rotatable bonds is 8. The van der Waals surface area contributed by atoms with E-state index in [-0.39, 0.29) is 12.0 Å². The average Bonchev–Trinajstić information content (AvgIpc) is 3.21. The number of hydrogen-bond donors (Lipinski definition) is 1. The maximum atomic E-state index is 12.3. The summed E-state index contributed by atoms with van der Waals surface area (Å²) in [6.45, 7) is 3.13. The minimum absolute atomic E-state index is 0.0363. The van der Waals surface area contributed by atoms with Crippen LogP contribution in [-0.2, 0) is 20.8 Å². The Morgan fingerprint density at radius 2 is 2.20 bits per heavy atom. The lowest BCUT2D eigenvalue weighted by Crippen LogP contribution is -2.29. The minimum atomic E-state index is 0.0363. The largest absolute Gasteiger partial charge is 0.379 e. The third-order valence-electron chi connectivity index (χ3n) is 4.81. The molecule has 2 aromatic rings. The molecule has 1 aromatic heterocycles. The van der Waals surface area contributed by atoms with E-state index in [0.29, 0.717) is 32.2 Å². The number of amides is 1. The fourth-order valence-corrected chi connectivity index (χ4v) is 3.31. The van der Waals surface area contributed by atoms with Gasteiger partial charge in [0.1, 0.15) is 12.4 Å². The van der Waals surface area contributed by atoms with Gasteiger partial charge in [-0.15, -0.1) is 0 Å². The summed E-state index contributed by atoms with van der Waals surface area (Å²) < 4.78 is 13.1. The van der Waals surface area contributed by atoms with E-state index in [4.69, 9.17) is 14.5 Å². The zero-order chi connectivity index (χ0) is 17.1. The number of para-hydroxylation sites is 2. The van der Waals surface area contributed by atoms with Crippen molar-refractivity contribution in [2.75, 3.05) is 26.4 Å². The molecular formula is C19H25N3O3. The zero-order valence-electron chi connectivity index (χ0n) is 14.4. The second kappa shape index (κ2) is 7.54. The molecule has 0 bridgehead atoms. The van der Waals surface area contributed by atoms with E-state index in [1.165, 1.54) is 12.8 Å². The molecule has 0 spiro atoms. The molecule has 4 rings (SSSR count). The Kier molecular flexibility index (Phi) is 4.99. The molecule has 134 valence electrons. The molecule has 1 aromatic carbocycles. The first kappa shape index (κ1) is 16.5. The summed E-state index contributed by atoms with van der Waals surface area (Å²) >= 11 is 0. The van der Waals surface area contributed by atoms with Gasteiger partial charge in [0.05, 0.1) is 23.7 Å². The molecule has 1 N–H and O–H groups in total. The monoisotopic (exact) mass is 343 g/mol. The Balaban J connectivity index is 1.28. The van der Waals surface area contributed by atoms with E-state index in [2.05, 4.69) is 9.88 Å². The molecule has 1 atom stereocenters. The molecule has 6 nitrogen and oxygen atoms in total. The summed E-state index contributed by atoms with van der Waals surface area (Å²) in [6.07, 6.45) is 4.38. The highest BCUT2D eigenvalue weighted by Gasteiger charge is 2.30. The van der Waals surface area contributed by atoms with Gasteiger partial charge in [0.2, 0.25) is 5.91 Å². The van der Waals surface area contributed by atoms with Crippen molar-refractivity contribution in [3.63, 3.8) is 0 Å². The van der Waals surface area contributed by atoms with Crippen LogP contribution in [0, 0.1) is 0 Å². The Hall–Kier alpha value is -1.92. The van der Waals surface area contributed by atoms with E-state index in [1.807, 2.05) is 24.3 Å². The van der Waals surface area contributed by atoms with Gasteiger partial charge in [-0.05, 0) is 37.8 Å². The lowest BCUT2D eigenvalue weighted by molar-refractivity contribution is -0.121. The van der Waals surface area contributed by atoms with Gasteiger partial charge in [0.25, 0.3) is 0 Å². The first-order valence-corrected chi connectivity index (χ1v) is 9.22. The van der Waals surface area contributed by atoms with Crippen molar-refractivity contribution in [2.45, 2.75) is 44.2 Å². The topological polar surface area (TPSA) is 65.4 Å². The van der Waals surface area contributed by atoms with Gasteiger partial charge in [0.15, 0.2) is 0 Å². The molecule has 2 heterocycles. The number of nitrogens with zero attached hydrogens (tertiary/aromatic N) is 2. The standard InChI is InChI=1S/C19H25N3O3/c23-18(20-9-3-10-25-15-8-11-24-13-15)12-22-17-5-2-1-4-16(17)21-19(22)14-6-7-14/h1-2,4-5,14-15H,3,6-13H2,(H,20,23)/t15-/m0/s1. The Morgan fingerprint density at radius 1 is 1.32 bits per heavy atom. The number of nitrogens with one attached hydrogen (secondary N) is 1. The van der Waals surface area contributed by atoms with E-state index >= 15 is 0 Å². The Bertz CT molecular complexity index is 733. The molecule has 1 amide bonds. The number of imidazole rings is 1. The van der Waals surface area contributed by atoms with Crippen molar-refractivity contribution in [1.82, 2.24) is 14.9 Å². The fraction of sp³-hybridized carbons (Fsp3) is 0.579. The van der Waals surface area contributed by atoms with Crippen LogP contribution in [0.15, 0.2) is 24.3 Å². The summed E-state index contributed by atoms with van der Waals surface area (Å²) in [5, 5.41) is 3.00. The third-order valence-corrected chi connectivity index (χ3v) is 4.81. The lowest BCUT2D eigenvalue weighted by atomic mass is 10.3. The zero-order valence-corrected chi connectivity index (χ0v) is 14.4. The first-order valence-electron chi connectivity index (χ1n) is 9.22. The molecule has 1 saturated carbocycles. The number of carbonyl (C=O) groups is 1. The van der Waals surface area contributed by atoms with Crippen molar-refractivity contribution in [3.05, 3.63) is 30.1 Å². The summed E-state index contributed by atoms with van der Waals surface area (Å²) in [5.74, 6) is 1.61. The maximum absolute atomic E-state index is 12.3. The van der Waals surface area contributed by atoms with Gasteiger partial charge in [-0.1, -0.05) is 12.1 Å². The van der Waals surface area contributed by atoms with Crippen LogP contribution >= 0.6 is 0 Å². The Morgan fingerprint density at radius 3 is 3.00 bits per heavy atom. The van der Waals surface area contributed by atoms with Gasteiger partial charge in [-0.3, -0.25) is 4.79 Å². The van der Waals surface area contributed by atoms with Crippen molar-refractivity contribution in [1.29, 1.82) is 0 Å². The van der Waals surface area contributed by atoms with Crippen LogP contribution in [-0.4, -0.2) is 47.9 Å². The molecule has 1 aliphatic carbocycles. The van der Waals surface area contributed by atoms with Crippen LogP contribution in [0.3, 0.4) is 0 Å². The van der Waals surface area contributed by atoms with E-state index in [1.54, 1.807) is 0 Å². The SMILES string of the molecule is O=C(Cn1c(C2CC2)nc2ccccc21)NCCCO[C@H]1CCOC1. The quantitative estimate of drug-likeness (QED) is 0.747. The van der Waals surface area contributed by atoms with Gasteiger partial charge >= 0.3 is 0 Å². The second-order valence-corrected chi connectivity index (χ2v) is 6.88. The first-order chi connectivity index (χ1) is 12.3. The maximum Gasteiger partial charge on any atom is 0.240 e. The van der Waals surface area contributed by atoms with Gasteiger partial charge < -0.3 is 19.4 Å². The molecule has 0 radical (unpaired) electrons. The molecular weight excluding hydrogens is 318 g/mol. The third kappa shape index (κ3) is 4.02. The van der Waals surface area contributed by atoms with Crippen molar-refractivity contribution >= 4 is 16.9 Å². The Labute approximate surface area is 147 Å². The van der Waals surface area contributed by atoms with Gasteiger partial charge in [-0.25, -0.2) is 4.98 Å². The van der Waals surface area contributed by atoms with E-state index in [9.17, 15) is 4.79 Å². The molecule has 0 unspecified atom stereocenters. The summed E-state index contributed by atoms with van der Waals surface area (Å²) in [4.78, 5) is 17.1. The van der Waals surface area contributed by atoms with Crippen LogP contribution in [0.4, 0.5) is 0 Å². The van der Waals surface area contributed by atoms with Crippen LogP contribution in [0.5, 0.6) is 0 Å². The smallest absolute Gasteiger partial charge is 0.240 e. The van der Waals surface area contributed by atoms with Crippen LogP contribution in [0.25, 0.3) is 11.0 Å². The molecule has 6 heteroatoms. The number of ether oxygens (including phenoxy) is 2. The highest BCUT2D eigenvalue weighted by atomic mass is 16.5. The highest BCUT2D eigenvalue weighted by molar-refractivity contribution is 5.81. The predicted octanol–water partition coefficient (Wildman–Crippen LogP) is 2.23. The van der Waals surface area contributed by atoms with Crippen molar-refractivity contribution in [3.8, 4) is 0 Å². The number of fused-ring (bicyclic) bond motifs is 1. The lowest BCUT2D eigenvalue weighted by Gasteiger charge is -2.11. The van der Waals surface area contributed by atoms with Crippen molar-refractivity contribution < 1.29 is 14.3 Å². The molecule has 1 aliphatic heterocycles. The minimum Gasteiger partial charge on any atom is -0.379 e. The van der Waals surface area contributed by atoms with Crippen LogP contribution in [0.2, 0.25) is 0 Å². The second-order valence-electron chi connectivity index (χ2n) is 6.88. The van der Waals surface area contributed by atoms with Gasteiger partial charge in [-0.2, -0.15) is 0 Å². The number of carbonyl (C=O) groups excluding carboxylic acids is 1. The molecule has 2 fully saturated rings. The van der Waals surface area contributed by atoms with Crippen LogP contribution < -0.4 is 5.32 Å². The number of hydrogen-bond acceptors (Lipinski definition) is 4. The molecule has 2 aliphatic rings. The van der Waals surface area contributed by atoms with E-state index in [0.717, 1.165) is 36.3 Å². The summed E-state index contributed by atoms with van der Waals surface area (Å²) in [7, 11) is 0. The molecule has 1 saturated heterocycles. The molecule has 25 heavy (non-hydrogen) atoms. The number of aromatic nitrogens is 2. The van der Waals surface area contributed by atoms with Crippen molar-refractivity contribution in [2.24, 2.45) is 0 Å². The average molecular weight is 343 g/mol. The number of benzene rings is 1. The summed E-state index contributed by atoms with van der Waals surface area (Å²) in [5.41, 5.74) is 2.02. The van der Waals surface area contributed by atoms with E-state index < -0.39 is 0 Å². The normalized spacial score (nSPS) is 20.2. The van der Waals surface area contributed by atoms with Gasteiger partial charge in [0, 0.05) is 25.7 Å². The summed E-state index contributed by atoms with van der Waals surface area (Å²) in [6, 6.07) is 8.05. The van der Waals surface area contributed by atoms with Crippen LogP contribution in [0.1, 0.15) is 37.4 Å². The fourth-order valence-electron chi connectivity index (χ4n) is 3.31. The predicted molar refractivity (Wildman–Crippen MR) is 94.5 cm³/mol. The highest BCUT2D eigenvalue weighted by Crippen LogP contribution is 2.40.